The average Bonchev–Trinajstić information content (AvgIpc) is 2.48. The Hall–Kier alpha value is -2.85. The van der Waals surface area contributed by atoms with Crippen LogP contribution in [-0.2, 0) is 13.0 Å². The lowest BCUT2D eigenvalue weighted by Gasteiger charge is -2.08. The molecule has 0 radical (unpaired) electrons. The topological polar surface area (TPSA) is 59.6 Å². The lowest BCUT2D eigenvalue weighted by molar-refractivity contribution is 0.609. The molecule has 0 saturated heterocycles. The van der Waals surface area contributed by atoms with Crippen molar-refractivity contribution >= 4 is 5.69 Å². The molecule has 0 bridgehead atoms. The van der Waals surface area contributed by atoms with Crippen LogP contribution in [0.5, 0.6) is 0 Å². The molecule has 2 aromatic carbocycles. The first kappa shape index (κ1) is 13.6. The second-order valence-electron chi connectivity index (χ2n) is 4.28. The highest BCUT2D eigenvalue weighted by molar-refractivity contribution is 5.46. The molecule has 2 aromatic rings. The molecule has 2 rings (SSSR count). The van der Waals surface area contributed by atoms with Gasteiger partial charge in [-0.1, -0.05) is 24.3 Å². The number of rotatable bonds is 4. The number of anilines is 1. The highest BCUT2D eigenvalue weighted by Gasteiger charge is 2.06. The van der Waals surface area contributed by atoms with E-state index in [1.807, 2.05) is 30.3 Å². The van der Waals surface area contributed by atoms with Crippen LogP contribution in [0.4, 0.5) is 10.1 Å². The maximum absolute atomic E-state index is 13.8. The summed E-state index contributed by atoms with van der Waals surface area (Å²) in [7, 11) is 0. The van der Waals surface area contributed by atoms with Gasteiger partial charge in [0.05, 0.1) is 18.1 Å². The van der Waals surface area contributed by atoms with E-state index in [4.69, 9.17) is 10.5 Å². The first-order valence-corrected chi connectivity index (χ1v) is 6.12. The third-order valence-corrected chi connectivity index (χ3v) is 2.92. The molecule has 0 aliphatic carbocycles. The Bertz CT molecular complexity index is 678. The summed E-state index contributed by atoms with van der Waals surface area (Å²) in [5.74, 6) is -0.483. The summed E-state index contributed by atoms with van der Waals surface area (Å²) in [5.41, 5.74) is 2.28. The zero-order chi connectivity index (χ0) is 14.4. The van der Waals surface area contributed by atoms with Gasteiger partial charge in [-0.25, -0.2) is 4.39 Å². The number of hydrogen-bond acceptors (Lipinski definition) is 3. The Labute approximate surface area is 116 Å². The third kappa shape index (κ3) is 3.13. The predicted molar refractivity (Wildman–Crippen MR) is 74.2 cm³/mol. The predicted octanol–water partition coefficient (Wildman–Crippen LogP) is 3.38. The van der Waals surface area contributed by atoms with Gasteiger partial charge in [0.1, 0.15) is 11.9 Å². The first-order chi connectivity index (χ1) is 9.74. The number of benzene rings is 2. The number of nitrogens with zero attached hydrogens (tertiary/aromatic N) is 2. The van der Waals surface area contributed by atoms with Crippen molar-refractivity contribution in [2.75, 3.05) is 5.32 Å². The van der Waals surface area contributed by atoms with Crippen molar-refractivity contribution in [3.8, 4) is 12.1 Å². The van der Waals surface area contributed by atoms with E-state index in [-0.39, 0.29) is 5.56 Å². The summed E-state index contributed by atoms with van der Waals surface area (Å²) in [6, 6.07) is 16.1. The molecule has 0 saturated carbocycles. The minimum absolute atomic E-state index is 0.0497. The van der Waals surface area contributed by atoms with E-state index >= 15 is 0 Å². The Morgan fingerprint density at radius 3 is 2.45 bits per heavy atom. The van der Waals surface area contributed by atoms with Crippen molar-refractivity contribution in [3.05, 3.63) is 65.0 Å². The molecule has 4 heteroatoms. The summed E-state index contributed by atoms with van der Waals surface area (Å²) in [6.07, 6.45) is 0.374. The van der Waals surface area contributed by atoms with Gasteiger partial charge >= 0.3 is 0 Å². The van der Waals surface area contributed by atoms with Crippen molar-refractivity contribution in [1.29, 1.82) is 10.5 Å². The van der Waals surface area contributed by atoms with Gasteiger partial charge in [0, 0.05) is 17.8 Å². The van der Waals surface area contributed by atoms with E-state index < -0.39 is 5.82 Å². The largest absolute Gasteiger partial charge is 0.381 e. The van der Waals surface area contributed by atoms with E-state index in [2.05, 4.69) is 11.4 Å². The molecule has 0 amide bonds. The standard InChI is InChI=1S/C16H12FN3/c17-16-13(10-19)2-1-3-14(16)11-20-15-6-4-12(5-7-15)8-9-18/h1-7,20H,8,11H2. The normalized spacial score (nSPS) is 9.55. The maximum Gasteiger partial charge on any atom is 0.145 e. The van der Waals surface area contributed by atoms with Crippen molar-refractivity contribution in [1.82, 2.24) is 0 Å². The number of halogens is 1. The van der Waals surface area contributed by atoms with E-state index in [1.165, 1.54) is 6.07 Å². The molecule has 0 unspecified atom stereocenters. The second-order valence-corrected chi connectivity index (χ2v) is 4.28. The molecule has 0 heterocycles. The summed E-state index contributed by atoms with van der Waals surface area (Å²) in [5, 5.41) is 20.4. The van der Waals surface area contributed by atoms with Gasteiger partial charge in [-0.3, -0.25) is 0 Å². The van der Waals surface area contributed by atoms with Gasteiger partial charge in [0.15, 0.2) is 0 Å². The minimum atomic E-state index is -0.483. The zero-order valence-corrected chi connectivity index (χ0v) is 10.7. The van der Waals surface area contributed by atoms with E-state index in [0.717, 1.165) is 11.3 Å². The van der Waals surface area contributed by atoms with Crippen LogP contribution in [0.25, 0.3) is 0 Å². The molecule has 0 fully saturated rings. The lowest BCUT2D eigenvalue weighted by Crippen LogP contribution is -2.03. The zero-order valence-electron chi connectivity index (χ0n) is 10.7. The van der Waals surface area contributed by atoms with Crippen LogP contribution in [0.2, 0.25) is 0 Å². The fourth-order valence-electron chi connectivity index (χ4n) is 1.83. The summed E-state index contributed by atoms with van der Waals surface area (Å²) >= 11 is 0. The molecule has 0 aromatic heterocycles. The smallest absolute Gasteiger partial charge is 0.145 e. The van der Waals surface area contributed by atoms with Gasteiger partial charge in [-0.05, 0) is 23.8 Å². The van der Waals surface area contributed by atoms with E-state index in [9.17, 15) is 4.39 Å². The quantitative estimate of drug-likeness (QED) is 0.921. The van der Waals surface area contributed by atoms with Crippen molar-refractivity contribution in [2.24, 2.45) is 0 Å². The van der Waals surface area contributed by atoms with Crippen LogP contribution >= 0.6 is 0 Å². The number of nitrogens with one attached hydrogen (secondary N) is 1. The monoisotopic (exact) mass is 265 g/mol. The van der Waals surface area contributed by atoms with Crippen LogP contribution < -0.4 is 5.32 Å². The van der Waals surface area contributed by atoms with Gasteiger partial charge in [0.2, 0.25) is 0 Å². The summed E-state index contributed by atoms with van der Waals surface area (Å²) in [6.45, 7) is 0.305. The maximum atomic E-state index is 13.8. The highest BCUT2D eigenvalue weighted by atomic mass is 19.1. The first-order valence-electron chi connectivity index (χ1n) is 6.12. The van der Waals surface area contributed by atoms with Crippen molar-refractivity contribution in [2.45, 2.75) is 13.0 Å². The third-order valence-electron chi connectivity index (χ3n) is 2.92. The van der Waals surface area contributed by atoms with Crippen molar-refractivity contribution in [3.63, 3.8) is 0 Å². The molecule has 0 aliphatic heterocycles. The molecular weight excluding hydrogens is 253 g/mol. The molecule has 0 spiro atoms. The van der Waals surface area contributed by atoms with Crippen LogP contribution in [0.3, 0.4) is 0 Å². The molecular formula is C16H12FN3. The van der Waals surface area contributed by atoms with E-state index in [1.54, 1.807) is 12.1 Å². The Kier molecular flexibility index (Phi) is 4.32. The van der Waals surface area contributed by atoms with Crippen molar-refractivity contribution < 1.29 is 4.39 Å². The van der Waals surface area contributed by atoms with E-state index in [0.29, 0.717) is 18.5 Å². The van der Waals surface area contributed by atoms with Gasteiger partial charge < -0.3 is 5.32 Å². The second kappa shape index (κ2) is 6.36. The Morgan fingerprint density at radius 2 is 1.80 bits per heavy atom. The van der Waals surface area contributed by atoms with Gasteiger partial charge in [-0.2, -0.15) is 10.5 Å². The van der Waals surface area contributed by atoms with Crippen LogP contribution in [0.1, 0.15) is 16.7 Å². The van der Waals surface area contributed by atoms with Crippen LogP contribution in [0, 0.1) is 28.5 Å². The molecule has 0 aliphatic rings. The summed E-state index contributed by atoms with van der Waals surface area (Å²) in [4.78, 5) is 0. The highest BCUT2D eigenvalue weighted by Crippen LogP contribution is 2.15. The van der Waals surface area contributed by atoms with Crippen LogP contribution in [0.15, 0.2) is 42.5 Å². The van der Waals surface area contributed by atoms with Gasteiger partial charge in [-0.15, -0.1) is 0 Å². The molecule has 1 N–H and O–H groups in total. The van der Waals surface area contributed by atoms with Crippen LogP contribution in [-0.4, -0.2) is 0 Å². The average molecular weight is 265 g/mol. The molecule has 98 valence electrons. The minimum Gasteiger partial charge on any atom is -0.381 e. The summed E-state index contributed by atoms with van der Waals surface area (Å²) < 4.78 is 13.8. The number of hydrogen-bond donors (Lipinski definition) is 1. The van der Waals surface area contributed by atoms with Gasteiger partial charge in [0.25, 0.3) is 0 Å². The molecule has 3 nitrogen and oxygen atoms in total. The lowest BCUT2D eigenvalue weighted by atomic mass is 10.1. The molecule has 20 heavy (non-hydrogen) atoms. The Balaban J connectivity index is 2.06. The Morgan fingerprint density at radius 1 is 1.05 bits per heavy atom. The SMILES string of the molecule is N#CCc1ccc(NCc2cccc(C#N)c2F)cc1. The molecule has 0 atom stereocenters. The number of nitriles is 2. The fraction of sp³-hybridized carbons (Fsp3) is 0.125. The fourth-order valence-corrected chi connectivity index (χ4v) is 1.83.